The van der Waals surface area contributed by atoms with Crippen LogP contribution in [-0.2, 0) is 9.59 Å². The number of hydrogen-bond donors (Lipinski definition) is 1. The predicted molar refractivity (Wildman–Crippen MR) is 102 cm³/mol. The topological polar surface area (TPSA) is 49.4 Å². The molecule has 4 nitrogen and oxygen atoms in total. The maximum absolute atomic E-state index is 13.5. The first kappa shape index (κ1) is 18.0. The van der Waals surface area contributed by atoms with Crippen LogP contribution in [0, 0.1) is 11.7 Å². The monoisotopic (exact) mass is 386 g/mol. The Morgan fingerprint density at radius 1 is 1.11 bits per heavy atom. The molecule has 0 bridgehead atoms. The molecular weight excluding hydrogens is 367 g/mol. The van der Waals surface area contributed by atoms with E-state index in [4.69, 9.17) is 11.6 Å². The molecule has 0 saturated heterocycles. The lowest BCUT2D eigenvalue weighted by molar-refractivity contribution is -0.139. The van der Waals surface area contributed by atoms with Crippen molar-refractivity contribution in [3.05, 3.63) is 64.4 Å². The Morgan fingerprint density at radius 3 is 2.52 bits per heavy atom. The van der Waals surface area contributed by atoms with Crippen molar-refractivity contribution in [3.63, 3.8) is 0 Å². The van der Waals surface area contributed by atoms with E-state index in [2.05, 4.69) is 5.32 Å². The van der Waals surface area contributed by atoms with Gasteiger partial charge in [0.1, 0.15) is 12.4 Å². The molecule has 1 N–H and O–H groups in total. The van der Waals surface area contributed by atoms with E-state index in [0.717, 1.165) is 36.8 Å². The van der Waals surface area contributed by atoms with Gasteiger partial charge in [0.15, 0.2) is 0 Å². The van der Waals surface area contributed by atoms with E-state index < -0.39 is 6.04 Å². The molecule has 27 heavy (non-hydrogen) atoms. The van der Waals surface area contributed by atoms with Crippen molar-refractivity contribution in [3.8, 4) is 0 Å². The van der Waals surface area contributed by atoms with Crippen molar-refractivity contribution in [1.29, 1.82) is 0 Å². The summed E-state index contributed by atoms with van der Waals surface area (Å²) in [6, 6.07) is 10.8. The highest BCUT2D eigenvalue weighted by Gasteiger charge is 2.37. The summed E-state index contributed by atoms with van der Waals surface area (Å²) in [5, 5.41) is 3.39. The number of rotatable bonds is 2. The van der Waals surface area contributed by atoms with Gasteiger partial charge in [-0.25, -0.2) is 4.39 Å². The number of nitrogens with one attached hydrogen (secondary N) is 1. The number of fused-ring (bicyclic) bond motifs is 1. The van der Waals surface area contributed by atoms with E-state index in [1.54, 1.807) is 35.2 Å². The number of hydrogen-bond acceptors (Lipinski definition) is 2. The van der Waals surface area contributed by atoms with Gasteiger partial charge in [-0.3, -0.25) is 9.59 Å². The van der Waals surface area contributed by atoms with Crippen LogP contribution in [0.3, 0.4) is 0 Å². The highest BCUT2D eigenvalue weighted by atomic mass is 35.5. The molecule has 140 valence electrons. The maximum Gasteiger partial charge on any atom is 0.244 e. The minimum atomic E-state index is -0.494. The summed E-state index contributed by atoms with van der Waals surface area (Å²) >= 11 is 6.22. The Hall–Kier alpha value is -2.40. The van der Waals surface area contributed by atoms with Crippen LogP contribution >= 0.6 is 11.6 Å². The molecule has 2 amide bonds. The number of nitrogens with zero attached hydrogens (tertiary/aromatic N) is 1. The Labute approximate surface area is 162 Å². The van der Waals surface area contributed by atoms with Crippen molar-refractivity contribution in [2.45, 2.75) is 31.7 Å². The van der Waals surface area contributed by atoms with Gasteiger partial charge in [0, 0.05) is 22.2 Å². The minimum Gasteiger partial charge on any atom is -0.324 e. The smallest absolute Gasteiger partial charge is 0.244 e. The number of anilines is 1. The average Bonchev–Trinajstić information content (AvgIpc) is 3.14. The molecule has 1 unspecified atom stereocenters. The number of halogens is 2. The van der Waals surface area contributed by atoms with Gasteiger partial charge in [-0.1, -0.05) is 36.6 Å². The van der Waals surface area contributed by atoms with E-state index >= 15 is 0 Å². The normalized spacial score (nSPS) is 20.1. The van der Waals surface area contributed by atoms with E-state index in [1.165, 1.54) is 12.1 Å². The molecule has 1 fully saturated rings. The van der Waals surface area contributed by atoms with E-state index in [0.29, 0.717) is 10.7 Å². The van der Waals surface area contributed by atoms with E-state index in [-0.39, 0.29) is 30.1 Å². The number of amides is 2. The molecule has 1 heterocycles. The van der Waals surface area contributed by atoms with Crippen molar-refractivity contribution in [2.24, 2.45) is 5.92 Å². The van der Waals surface area contributed by atoms with Crippen molar-refractivity contribution < 1.29 is 14.0 Å². The van der Waals surface area contributed by atoms with Crippen molar-refractivity contribution >= 4 is 29.1 Å². The van der Waals surface area contributed by atoms with Crippen LogP contribution in [0.2, 0.25) is 5.02 Å². The average molecular weight is 387 g/mol. The first-order valence-corrected chi connectivity index (χ1v) is 9.56. The second-order valence-corrected chi connectivity index (χ2v) is 7.62. The molecule has 1 aliphatic carbocycles. The fourth-order valence-electron chi connectivity index (χ4n) is 4.09. The number of benzene rings is 2. The number of carbonyl (C=O) groups excluding carboxylic acids is 2. The number of carbonyl (C=O) groups is 2. The maximum atomic E-state index is 13.5. The first-order valence-electron chi connectivity index (χ1n) is 9.18. The van der Waals surface area contributed by atoms with Gasteiger partial charge in [0.2, 0.25) is 11.8 Å². The minimum absolute atomic E-state index is 0.0233. The molecule has 1 aliphatic heterocycles. The lowest BCUT2D eigenvalue weighted by atomic mass is 9.94. The van der Waals surface area contributed by atoms with Gasteiger partial charge < -0.3 is 10.2 Å². The Morgan fingerprint density at radius 2 is 1.81 bits per heavy atom. The third kappa shape index (κ3) is 3.56. The summed E-state index contributed by atoms with van der Waals surface area (Å²) in [6.07, 6.45) is 3.74. The first-order chi connectivity index (χ1) is 13.0. The van der Waals surface area contributed by atoms with Gasteiger partial charge in [-0.05, 0) is 48.7 Å². The van der Waals surface area contributed by atoms with E-state index in [9.17, 15) is 14.0 Å². The highest BCUT2D eigenvalue weighted by molar-refractivity contribution is 6.30. The lowest BCUT2D eigenvalue weighted by Gasteiger charge is -2.32. The van der Waals surface area contributed by atoms with Gasteiger partial charge in [0.05, 0.1) is 6.04 Å². The second kappa shape index (κ2) is 7.31. The molecule has 1 atom stereocenters. The van der Waals surface area contributed by atoms with E-state index in [1.807, 2.05) is 0 Å². The predicted octanol–water partition coefficient (Wildman–Crippen LogP) is 4.54. The van der Waals surface area contributed by atoms with Crippen molar-refractivity contribution in [1.82, 2.24) is 4.90 Å². The fourth-order valence-corrected chi connectivity index (χ4v) is 4.27. The standard InChI is InChI=1S/C21H20ClFN2O2/c22-15-7-10-18-17(11-15)20(13-5-8-16(23)9-6-13)25(12-19(26)24-18)21(27)14-3-1-2-4-14/h5-11,14,20H,1-4,12H2,(H,24,26). The third-order valence-corrected chi connectivity index (χ3v) is 5.62. The molecular formula is C21H20ClFN2O2. The third-order valence-electron chi connectivity index (χ3n) is 5.38. The summed E-state index contributed by atoms with van der Waals surface area (Å²) in [5.74, 6) is -0.678. The summed E-state index contributed by atoms with van der Waals surface area (Å²) < 4.78 is 13.5. The van der Waals surface area contributed by atoms with Crippen LogP contribution < -0.4 is 5.32 Å². The zero-order valence-corrected chi connectivity index (χ0v) is 15.5. The Kier molecular flexibility index (Phi) is 4.87. The SMILES string of the molecule is O=C1CN(C(=O)C2CCCC2)C(c2ccc(F)cc2)c2cc(Cl)ccc2N1. The van der Waals surface area contributed by atoms with Gasteiger partial charge in [0.25, 0.3) is 0 Å². The Bertz CT molecular complexity index is 878. The fraction of sp³-hybridized carbons (Fsp3) is 0.333. The molecule has 6 heteroatoms. The summed E-state index contributed by atoms with van der Waals surface area (Å²) in [7, 11) is 0. The molecule has 0 radical (unpaired) electrons. The van der Waals surface area contributed by atoms with Crippen molar-refractivity contribution in [2.75, 3.05) is 11.9 Å². The molecule has 1 saturated carbocycles. The Balaban J connectivity index is 1.85. The largest absolute Gasteiger partial charge is 0.324 e. The molecule has 2 aromatic rings. The summed E-state index contributed by atoms with van der Waals surface area (Å²) in [4.78, 5) is 27.4. The van der Waals surface area contributed by atoms with Crippen LogP contribution in [0.4, 0.5) is 10.1 Å². The zero-order chi connectivity index (χ0) is 19.0. The van der Waals surface area contributed by atoms with Crippen LogP contribution in [0.5, 0.6) is 0 Å². The molecule has 2 aliphatic rings. The van der Waals surface area contributed by atoms with Crippen LogP contribution in [0.15, 0.2) is 42.5 Å². The molecule has 4 rings (SSSR count). The second-order valence-electron chi connectivity index (χ2n) is 7.18. The van der Waals surface area contributed by atoms with Gasteiger partial charge >= 0.3 is 0 Å². The molecule has 0 spiro atoms. The lowest BCUT2D eigenvalue weighted by Crippen LogP contribution is -2.41. The summed E-state index contributed by atoms with van der Waals surface area (Å²) in [5.41, 5.74) is 2.12. The highest BCUT2D eigenvalue weighted by Crippen LogP contribution is 2.39. The molecule has 0 aromatic heterocycles. The van der Waals surface area contributed by atoms with Gasteiger partial charge in [-0.2, -0.15) is 0 Å². The zero-order valence-electron chi connectivity index (χ0n) is 14.8. The van der Waals surface area contributed by atoms with Crippen LogP contribution in [0.1, 0.15) is 42.9 Å². The molecule has 2 aromatic carbocycles. The van der Waals surface area contributed by atoms with Crippen LogP contribution in [0.25, 0.3) is 0 Å². The van der Waals surface area contributed by atoms with Crippen LogP contribution in [-0.4, -0.2) is 23.3 Å². The van der Waals surface area contributed by atoms with Gasteiger partial charge in [-0.15, -0.1) is 0 Å². The summed E-state index contributed by atoms with van der Waals surface area (Å²) in [6.45, 7) is -0.0380. The quantitative estimate of drug-likeness (QED) is 0.823.